The molecule has 5 nitrogen and oxygen atoms in total. The summed E-state index contributed by atoms with van der Waals surface area (Å²) < 4.78 is 22.9. The number of rotatable bonds is 5. The van der Waals surface area contributed by atoms with Gasteiger partial charge in [0.1, 0.15) is 11.6 Å². The molecule has 1 aliphatic carbocycles. The first-order valence-corrected chi connectivity index (χ1v) is 7.95. The number of hydrogen-bond acceptors (Lipinski definition) is 4. The first kappa shape index (κ1) is 17.0. The Balaban J connectivity index is 1.71. The number of nitrogens with one attached hydrogen (secondary N) is 1. The molecule has 130 valence electrons. The third-order valence-corrected chi connectivity index (χ3v) is 4.23. The maximum absolute atomic E-state index is 12.9. The second kappa shape index (κ2) is 7.34. The molecule has 3 atom stereocenters. The Morgan fingerprint density at radius 2 is 1.80 bits per heavy atom. The maximum Gasteiger partial charge on any atom is 0.413 e. The number of amides is 1. The van der Waals surface area contributed by atoms with Gasteiger partial charge in [-0.25, -0.2) is 9.18 Å². The maximum atomic E-state index is 12.9. The first-order chi connectivity index (χ1) is 12.1. The Bertz CT molecular complexity index is 748. The fourth-order valence-corrected chi connectivity index (χ4v) is 2.87. The topological polar surface area (TPSA) is 64.6 Å². The van der Waals surface area contributed by atoms with E-state index in [0.29, 0.717) is 6.42 Å². The molecule has 2 aromatic rings. The number of methoxy groups -OCH3 is 1. The van der Waals surface area contributed by atoms with Gasteiger partial charge in [0.15, 0.2) is 0 Å². The Hall–Kier alpha value is -2.89. The van der Waals surface area contributed by atoms with Gasteiger partial charge in [0, 0.05) is 0 Å². The highest BCUT2D eigenvalue weighted by molar-refractivity contribution is 5.76. The van der Waals surface area contributed by atoms with Gasteiger partial charge in [-0.2, -0.15) is 0 Å². The monoisotopic (exact) mass is 343 g/mol. The zero-order chi connectivity index (χ0) is 17.8. The summed E-state index contributed by atoms with van der Waals surface area (Å²) in [5, 5.41) is 2.80. The normalized spacial score (nSPS) is 19.6. The van der Waals surface area contributed by atoms with Crippen LogP contribution in [0.4, 0.5) is 9.18 Å². The summed E-state index contributed by atoms with van der Waals surface area (Å²) in [4.78, 5) is 23.9. The van der Waals surface area contributed by atoms with E-state index in [4.69, 9.17) is 9.47 Å². The van der Waals surface area contributed by atoms with Crippen LogP contribution >= 0.6 is 0 Å². The average molecular weight is 343 g/mol. The summed E-state index contributed by atoms with van der Waals surface area (Å²) in [6.45, 7) is 0. The summed E-state index contributed by atoms with van der Waals surface area (Å²) in [6, 6.07) is 14.2. The van der Waals surface area contributed by atoms with Crippen molar-refractivity contribution in [1.82, 2.24) is 5.32 Å². The van der Waals surface area contributed by atoms with Crippen molar-refractivity contribution in [2.24, 2.45) is 11.8 Å². The van der Waals surface area contributed by atoms with E-state index in [0.717, 1.165) is 5.56 Å². The fourth-order valence-electron chi connectivity index (χ4n) is 2.87. The fraction of sp³-hybridized carbons (Fsp3) is 0.263. The van der Waals surface area contributed by atoms with Crippen molar-refractivity contribution in [3.63, 3.8) is 0 Å². The van der Waals surface area contributed by atoms with E-state index in [1.54, 1.807) is 0 Å². The zero-order valence-electron chi connectivity index (χ0n) is 13.6. The van der Waals surface area contributed by atoms with Gasteiger partial charge >= 0.3 is 12.1 Å². The molecule has 0 aromatic heterocycles. The van der Waals surface area contributed by atoms with Crippen LogP contribution in [0.25, 0.3) is 0 Å². The lowest BCUT2D eigenvalue weighted by Crippen LogP contribution is -2.33. The van der Waals surface area contributed by atoms with Crippen molar-refractivity contribution in [3.8, 4) is 5.75 Å². The molecule has 0 aliphatic heterocycles. The van der Waals surface area contributed by atoms with Crippen LogP contribution in [0.1, 0.15) is 18.0 Å². The first-order valence-electron chi connectivity index (χ1n) is 7.95. The van der Waals surface area contributed by atoms with E-state index in [9.17, 15) is 14.0 Å². The highest BCUT2D eigenvalue weighted by Crippen LogP contribution is 2.48. The zero-order valence-corrected chi connectivity index (χ0v) is 13.6. The number of carbonyl (C=O) groups is 2. The predicted octanol–water partition coefficient (Wildman–Crippen LogP) is 3.46. The van der Waals surface area contributed by atoms with Crippen LogP contribution < -0.4 is 10.1 Å². The Kier molecular flexibility index (Phi) is 4.97. The molecule has 25 heavy (non-hydrogen) atoms. The lowest BCUT2D eigenvalue weighted by atomic mass is 10.0. The highest BCUT2D eigenvalue weighted by Gasteiger charge is 2.49. The summed E-state index contributed by atoms with van der Waals surface area (Å²) in [6.07, 6.45) is -0.0146. The van der Waals surface area contributed by atoms with Crippen LogP contribution in [0.15, 0.2) is 54.6 Å². The molecule has 1 fully saturated rings. The summed E-state index contributed by atoms with van der Waals surface area (Å²) in [5.74, 6) is -0.726. The molecule has 1 N–H and O–H groups in total. The minimum atomic E-state index is -0.657. The Morgan fingerprint density at radius 1 is 1.12 bits per heavy atom. The third-order valence-electron chi connectivity index (χ3n) is 4.23. The quantitative estimate of drug-likeness (QED) is 0.845. The Labute approximate surface area is 144 Å². The van der Waals surface area contributed by atoms with E-state index in [2.05, 4.69) is 5.32 Å². The van der Waals surface area contributed by atoms with Gasteiger partial charge in [0.05, 0.1) is 19.1 Å². The number of hydrogen-bond donors (Lipinski definition) is 1. The standard InChI is InChI=1S/C19H18FNO4/c1-24-18(22)16-11-15(16)17(12-5-3-2-4-6-12)21-19(23)25-14-9-7-13(20)8-10-14/h2-10,15-17H,11H2,1H3,(H,21,23)/t15-,16+,17-/m1/s1. The molecule has 0 unspecified atom stereocenters. The van der Waals surface area contributed by atoms with Gasteiger partial charge in [-0.15, -0.1) is 0 Å². The molecule has 6 heteroatoms. The molecule has 0 heterocycles. The van der Waals surface area contributed by atoms with Crippen molar-refractivity contribution in [2.45, 2.75) is 12.5 Å². The molecule has 3 rings (SSSR count). The number of ether oxygens (including phenoxy) is 2. The van der Waals surface area contributed by atoms with Crippen molar-refractivity contribution >= 4 is 12.1 Å². The molecule has 0 spiro atoms. The molecule has 1 aliphatic rings. The summed E-state index contributed by atoms with van der Waals surface area (Å²) in [7, 11) is 1.35. The lowest BCUT2D eigenvalue weighted by molar-refractivity contribution is -0.142. The molecular formula is C19H18FNO4. The van der Waals surface area contributed by atoms with Gasteiger partial charge in [0.2, 0.25) is 0 Å². The van der Waals surface area contributed by atoms with Gasteiger partial charge in [-0.05, 0) is 42.2 Å². The van der Waals surface area contributed by atoms with Gasteiger partial charge in [-0.3, -0.25) is 4.79 Å². The number of halogens is 1. The van der Waals surface area contributed by atoms with Gasteiger partial charge in [0.25, 0.3) is 0 Å². The second-order valence-electron chi connectivity index (χ2n) is 5.91. The van der Waals surface area contributed by atoms with Crippen LogP contribution in [0, 0.1) is 17.7 Å². The third kappa shape index (κ3) is 4.15. The lowest BCUT2D eigenvalue weighted by Gasteiger charge is -2.19. The molecular weight excluding hydrogens is 325 g/mol. The van der Waals surface area contributed by atoms with E-state index < -0.39 is 11.9 Å². The van der Waals surface area contributed by atoms with Crippen molar-refractivity contribution in [3.05, 3.63) is 66.0 Å². The van der Waals surface area contributed by atoms with E-state index in [-0.39, 0.29) is 29.6 Å². The minimum Gasteiger partial charge on any atom is -0.469 e. The predicted molar refractivity (Wildman–Crippen MR) is 88.4 cm³/mol. The molecule has 0 radical (unpaired) electrons. The summed E-state index contributed by atoms with van der Waals surface area (Å²) >= 11 is 0. The Morgan fingerprint density at radius 3 is 2.44 bits per heavy atom. The largest absolute Gasteiger partial charge is 0.469 e. The van der Waals surface area contributed by atoms with Crippen LogP contribution in [-0.2, 0) is 9.53 Å². The second-order valence-corrected chi connectivity index (χ2v) is 5.91. The molecule has 0 saturated heterocycles. The van der Waals surface area contributed by atoms with Crippen molar-refractivity contribution < 1.29 is 23.5 Å². The molecule has 1 saturated carbocycles. The van der Waals surface area contributed by atoms with Crippen LogP contribution in [-0.4, -0.2) is 19.2 Å². The van der Waals surface area contributed by atoms with Crippen LogP contribution in [0.3, 0.4) is 0 Å². The van der Waals surface area contributed by atoms with Crippen molar-refractivity contribution in [1.29, 1.82) is 0 Å². The van der Waals surface area contributed by atoms with Gasteiger partial charge in [-0.1, -0.05) is 30.3 Å². The number of esters is 1. The van der Waals surface area contributed by atoms with Crippen LogP contribution in [0.2, 0.25) is 0 Å². The molecule has 0 bridgehead atoms. The van der Waals surface area contributed by atoms with E-state index >= 15 is 0 Å². The van der Waals surface area contributed by atoms with Crippen molar-refractivity contribution in [2.75, 3.05) is 7.11 Å². The summed E-state index contributed by atoms with van der Waals surface area (Å²) in [5.41, 5.74) is 0.884. The van der Waals surface area contributed by atoms with Crippen LogP contribution in [0.5, 0.6) is 5.75 Å². The van der Waals surface area contributed by atoms with Gasteiger partial charge < -0.3 is 14.8 Å². The number of benzene rings is 2. The average Bonchev–Trinajstić information content (AvgIpc) is 3.42. The SMILES string of the molecule is COC(=O)[C@H]1C[C@H]1[C@H](NC(=O)Oc1ccc(F)cc1)c1ccccc1. The van der Waals surface area contributed by atoms with E-state index in [1.165, 1.54) is 31.4 Å². The van der Waals surface area contributed by atoms with E-state index in [1.807, 2.05) is 30.3 Å². The molecule has 1 amide bonds. The number of carbonyl (C=O) groups excluding carboxylic acids is 2. The smallest absolute Gasteiger partial charge is 0.413 e. The highest BCUT2D eigenvalue weighted by atomic mass is 19.1. The minimum absolute atomic E-state index is 0.0457. The molecule has 2 aromatic carbocycles.